The Hall–Kier alpha value is -3.02. The average molecular weight is 363 g/mol. The van der Waals surface area contributed by atoms with Crippen molar-refractivity contribution in [2.24, 2.45) is 11.8 Å². The van der Waals surface area contributed by atoms with Crippen LogP contribution in [0.4, 0.5) is 5.69 Å². The zero-order valence-corrected chi connectivity index (χ0v) is 14.9. The van der Waals surface area contributed by atoms with Gasteiger partial charge >= 0.3 is 0 Å². The van der Waals surface area contributed by atoms with E-state index in [4.69, 9.17) is 0 Å². The molecule has 4 rings (SSSR count). The molecule has 0 bridgehead atoms. The van der Waals surface area contributed by atoms with Crippen LogP contribution >= 0.6 is 0 Å². The molecule has 0 spiro atoms. The molecule has 1 aliphatic heterocycles. The van der Waals surface area contributed by atoms with Gasteiger partial charge in [0.25, 0.3) is 11.8 Å². The molecule has 1 N–H and O–H groups in total. The number of nitrogens with one attached hydrogen (secondary N) is 1. The Kier molecular flexibility index (Phi) is 4.71. The van der Waals surface area contributed by atoms with Crippen molar-refractivity contribution in [2.45, 2.75) is 25.7 Å². The second-order valence-electron chi connectivity index (χ2n) is 7.21. The molecule has 1 aromatic carbocycles. The van der Waals surface area contributed by atoms with E-state index < -0.39 is 0 Å². The summed E-state index contributed by atoms with van der Waals surface area (Å²) in [5.41, 5.74) is 1.74. The summed E-state index contributed by atoms with van der Waals surface area (Å²) in [5, 5.41) is 2.93. The maximum absolute atomic E-state index is 12.5. The lowest BCUT2D eigenvalue weighted by Crippen LogP contribution is -2.37. The van der Waals surface area contributed by atoms with Crippen LogP contribution in [0.15, 0.2) is 48.8 Å². The highest BCUT2D eigenvalue weighted by Gasteiger charge is 2.37. The molecule has 0 radical (unpaired) electrons. The minimum atomic E-state index is -0.201. The number of carbonyl (C=O) groups is 3. The Labute approximate surface area is 157 Å². The minimum absolute atomic E-state index is 0.0281. The van der Waals surface area contributed by atoms with Gasteiger partial charge in [0, 0.05) is 30.5 Å². The van der Waals surface area contributed by atoms with Crippen molar-refractivity contribution in [3.05, 3.63) is 59.9 Å². The number of hydrogen-bond donors (Lipinski definition) is 1. The number of amides is 3. The number of carbonyl (C=O) groups excluding carboxylic acids is 3. The van der Waals surface area contributed by atoms with E-state index in [9.17, 15) is 14.4 Å². The zero-order chi connectivity index (χ0) is 18.8. The van der Waals surface area contributed by atoms with Gasteiger partial charge < -0.3 is 5.32 Å². The number of nitrogens with zero attached hydrogens (tertiary/aromatic N) is 2. The SMILES string of the molecule is O=C1c2ccccc2C(=O)N1C[C@H]1CC[C@H](C(=O)Nc2ccncc2)CC1. The van der Waals surface area contributed by atoms with Crippen molar-refractivity contribution < 1.29 is 14.4 Å². The Morgan fingerprint density at radius 1 is 0.963 bits per heavy atom. The number of pyridine rings is 1. The maximum atomic E-state index is 12.5. The Morgan fingerprint density at radius 3 is 2.15 bits per heavy atom. The second-order valence-corrected chi connectivity index (χ2v) is 7.21. The van der Waals surface area contributed by atoms with Crippen molar-refractivity contribution >= 4 is 23.4 Å². The molecule has 1 fully saturated rings. The standard InChI is InChI=1S/C21H21N3O3/c25-19(23-16-9-11-22-12-10-16)15-7-5-14(6-8-15)13-24-20(26)17-3-1-2-4-18(17)21(24)27/h1-4,9-12,14-15H,5-8,13H2,(H,22,23,25)/t14-,15-. The molecule has 0 saturated heterocycles. The van der Waals surface area contributed by atoms with Crippen molar-refractivity contribution in [3.63, 3.8) is 0 Å². The third kappa shape index (κ3) is 3.47. The third-order valence-electron chi connectivity index (χ3n) is 5.48. The predicted octanol–water partition coefficient (Wildman–Crippen LogP) is 3.12. The van der Waals surface area contributed by atoms with Gasteiger partial charge in [0.1, 0.15) is 0 Å². The summed E-state index contributed by atoms with van der Waals surface area (Å²) in [6, 6.07) is 10.5. The van der Waals surface area contributed by atoms with Crippen LogP contribution in [0.1, 0.15) is 46.4 Å². The van der Waals surface area contributed by atoms with E-state index in [2.05, 4.69) is 10.3 Å². The summed E-state index contributed by atoms with van der Waals surface area (Å²) in [4.78, 5) is 42.7. The van der Waals surface area contributed by atoms with Crippen molar-refractivity contribution in [2.75, 3.05) is 11.9 Å². The van der Waals surface area contributed by atoms with Gasteiger partial charge in [-0.2, -0.15) is 0 Å². The lowest BCUT2D eigenvalue weighted by molar-refractivity contribution is -0.121. The molecule has 0 atom stereocenters. The molecule has 2 aromatic rings. The van der Waals surface area contributed by atoms with E-state index in [1.165, 1.54) is 4.90 Å². The van der Waals surface area contributed by atoms with Crippen LogP contribution in [0.5, 0.6) is 0 Å². The molecule has 1 aromatic heterocycles. The molecule has 2 aliphatic rings. The highest BCUT2D eigenvalue weighted by Crippen LogP contribution is 2.32. The van der Waals surface area contributed by atoms with Gasteiger partial charge in [-0.15, -0.1) is 0 Å². The van der Waals surface area contributed by atoms with Crippen LogP contribution < -0.4 is 5.32 Å². The smallest absolute Gasteiger partial charge is 0.261 e. The highest BCUT2D eigenvalue weighted by molar-refractivity contribution is 6.21. The lowest BCUT2D eigenvalue weighted by Gasteiger charge is -2.30. The normalized spacial score (nSPS) is 21.9. The van der Waals surface area contributed by atoms with Gasteiger partial charge in [-0.05, 0) is 55.9 Å². The van der Waals surface area contributed by atoms with Crippen molar-refractivity contribution in [3.8, 4) is 0 Å². The molecular formula is C21H21N3O3. The van der Waals surface area contributed by atoms with Crippen LogP contribution in [0.2, 0.25) is 0 Å². The maximum Gasteiger partial charge on any atom is 0.261 e. The number of imide groups is 1. The van der Waals surface area contributed by atoms with E-state index in [1.54, 1.807) is 48.8 Å². The van der Waals surface area contributed by atoms with Crippen molar-refractivity contribution in [1.82, 2.24) is 9.88 Å². The first-order valence-corrected chi connectivity index (χ1v) is 9.29. The number of rotatable bonds is 4. The summed E-state index contributed by atoms with van der Waals surface area (Å²) in [6.45, 7) is 0.436. The molecule has 6 heteroatoms. The van der Waals surface area contributed by atoms with Gasteiger partial charge in [-0.1, -0.05) is 12.1 Å². The first kappa shape index (κ1) is 17.4. The number of benzene rings is 1. The van der Waals surface area contributed by atoms with Crippen LogP contribution in [-0.2, 0) is 4.79 Å². The Balaban J connectivity index is 1.32. The summed E-state index contributed by atoms with van der Waals surface area (Å²) in [6.07, 6.45) is 6.50. The summed E-state index contributed by atoms with van der Waals surface area (Å²) < 4.78 is 0. The van der Waals surface area contributed by atoms with E-state index in [1.807, 2.05) is 0 Å². The van der Waals surface area contributed by atoms with E-state index in [0.717, 1.165) is 31.4 Å². The fraction of sp³-hybridized carbons (Fsp3) is 0.333. The van der Waals surface area contributed by atoms with E-state index in [-0.39, 0.29) is 29.6 Å². The van der Waals surface area contributed by atoms with Crippen LogP contribution in [0, 0.1) is 11.8 Å². The van der Waals surface area contributed by atoms with Crippen LogP contribution in [-0.4, -0.2) is 34.2 Å². The van der Waals surface area contributed by atoms with Gasteiger partial charge in [0.2, 0.25) is 5.91 Å². The number of hydrogen-bond acceptors (Lipinski definition) is 4. The lowest BCUT2D eigenvalue weighted by atomic mass is 9.81. The van der Waals surface area contributed by atoms with Crippen molar-refractivity contribution in [1.29, 1.82) is 0 Å². The first-order valence-electron chi connectivity index (χ1n) is 9.29. The summed E-state index contributed by atoms with van der Waals surface area (Å²) in [5.74, 6) is -0.157. The second kappa shape index (κ2) is 7.31. The number of fused-ring (bicyclic) bond motifs is 1. The fourth-order valence-corrected chi connectivity index (χ4v) is 3.95. The molecule has 6 nitrogen and oxygen atoms in total. The molecule has 1 saturated carbocycles. The Bertz CT molecular complexity index is 838. The van der Waals surface area contributed by atoms with Gasteiger partial charge in [-0.3, -0.25) is 24.3 Å². The Morgan fingerprint density at radius 2 is 1.56 bits per heavy atom. The average Bonchev–Trinajstić information content (AvgIpc) is 2.94. The molecule has 0 unspecified atom stereocenters. The van der Waals surface area contributed by atoms with Crippen LogP contribution in [0.3, 0.4) is 0 Å². The zero-order valence-electron chi connectivity index (χ0n) is 14.9. The molecular weight excluding hydrogens is 342 g/mol. The predicted molar refractivity (Wildman–Crippen MR) is 100 cm³/mol. The quantitative estimate of drug-likeness (QED) is 0.847. The largest absolute Gasteiger partial charge is 0.326 e. The van der Waals surface area contributed by atoms with Gasteiger partial charge in [-0.25, -0.2) is 0 Å². The number of aromatic nitrogens is 1. The summed E-state index contributed by atoms with van der Waals surface area (Å²) in [7, 11) is 0. The third-order valence-corrected chi connectivity index (χ3v) is 5.48. The molecule has 2 heterocycles. The number of anilines is 1. The van der Waals surface area contributed by atoms with Crippen LogP contribution in [0.25, 0.3) is 0 Å². The van der Waals surface area contributed by atoms with E-state index in [0.29, 0.717) is 17.7 Å². The summed E-state index contributed by atoms with van der Waals surface area (Å²) >= 11 is 0. The topological polar surface area (TPSA) is 79.4 Å². The van der Waals surface area contributed by atoms with Gasteiger partial charge in [0.05, 0.1) is 11.1 Å². The van der Waals surface area contributed by atoms with Gasteiger partial charge in [0.15, 0.2) is 0 Å². The monoisotopic (exact) mass is 363 g/mol. The molecule has 138 valence electrons. The minimum Gasteiger partial charge on any atom is -0.326 e. The molecule has 1 aliphatic carbocycles. The first-order chi connectivity index (χ1) is 13.1. The molecule has 3 amide bonds. The highest BCUT2D eigenvalue weighted by atomic mass is 16.2. The molecule has 27 heavy (non-hydrogen) atoms. The fourth-order valence-electron chi connectivity index (χ4n) is 3.95. The van der Waals surface area contributed by atoms with E-state index >= 15 is 0 Å².